The van der Waals surface area contributed by atoms with Crippen molar-refractivity contribution in [1.82, 2.24) is 5.32 Å². The van der Waals surface area contributed by atoms with Crippen LogP contribution in [0.1, 0.15) is 15.9 Å². The lowest BCUT2D eigenvalue weighted by atomic mass is 10.1. The monoisotopic (exact) mass is 303 g/mol. The lowest BCUT2D eigenvalue weighted by Gasteiger charge is -2.14. The second kappa shape index (κ2) is 6.71. The smallest absolute Gasteiger partial charge is 0.326 e. The Morgan fingerprint density at radius 2 is 1.64 bits per heavy atom. The lowest BCUT2D eigenvalue weighted by molar-refractivity contribution is -0.139. The Kier molecular flexibility index (Phi) is 4.73. The molecule has 0 unspecified atom stereocenters. The molecule has 2 rings (SSSR count). The van der Waals surface area contributed by atoms with Crippen molar-refractivity contribution in [2.24, 2.45) is 0 Å². The number of carbonyl (C=O) groups is 2. The van der Waals surface area contributed by atoms with Crippen LogP contribution < -0.4 is 5.32 Å². The predicted molar refractivity (Wildman–Crippen MR) is 77.1 cm³/mol. The number of halogens is 1. The number of aromatic hydroxyl groups is 1. The Morgan fingerprint density at radius 1 is 1.05 bits per heavy atom. The molecule has 5 nitrogen and oxygen atoms in total. The minimum absolute atomic E-state index is 0.0720. The molecule has 0 heterocycles. The van der Waals surface area contributed by atoms with Crippen molar-refractivity contribution in [2.75, 3.05) is 0 Å². The molecule has 0 saturated carbocycles. The van der Waals surface area contributed by atoms with Gasteiger partial charge in [0.15, 0.2) is 0 Å². The molecule has 2 aromatic carbocycles. The third kappa shape index (κ3) is 4.05. The molecule has 0 bridgehead atoms. The highest BCUT2D eigenvalue weighted by atomic mass is 19.1. The third-order valence-electron chi connectivity index (χ3n) is 3.09. The van der Waals surface area contributed by atoms with Crippen LogP contribution in [0.25, 0.3) is 0 Å². The van der Waals surface area contributed by atoms with E-state index in [0.29, 0.717) is 5.56 Å². The van der Waals surface area contributed by atoms with Gasteiger partial charge in [-0.2, -0.15) is 0 Å². The largest absolute Gasteiger partial charge is 0.508 e. The molecule has 0 spiro atoms. The molecule has 3 N–H and O–H groups in total. The van der Waals surface area contributed by atoms with Gasteiger partial charge in [0, 0.05) is 12.0 Å². The topological polar surface area (TPSA) is 86.6 Å². The van der Waals surface area contributed by atoms with Crippen LogP contribution in [0.3, 0.4) is 0 Å². The maximum atomic E-state index is 12.8. The Hall–Kier alpha value is -2.89. The fourth-order valence-corrected chi connectivity index (χ4v) is 1.91. The van der Waals surface area contributed by atoms with E-state index in [-0.39, 0.29) is 17.7 Å². The van der Waals surface area contributed by atoms with E-state index in [2.05, 4.69) is 5.32 Å². The number of benzene rings is 2. The van der Waals surface area contributed by atoms with Crippen molar-refractivity contribution in [3.8, 4) is 5.75 Å². The molecule has 0 aliphatic rings. The SMILES string of the molecule is O=C(N[C@@H](Cc1ccc(O)cc1)C(=O)O)c1ccc(F)cc1. The molecule has 0 aromatic heterocycles. The number of phenolic OH excluding ortho intramolecular Hbond substituents is 1. The Bertz CT molecular complexity index is 668. The highest BCUT2D eigenvalue weighted by molar-refractivity contribution is 5.96. The van der Waals surface area contributed by atoms with Gasteiger partial charge in [0.2, 0.25) is 0 Å². The lowest BCUT2D eigenvalue weighted by Crippen LogP contribution is -2.42. The average Bonchev–Trinajstić information content (AvgIpc) is 2.49. The second-order valence-electron chi connectivity index (χ2n) is 4.74. The van der Waals surface area contributed by atoms with Crippen LogP contribution in [0.5, 0.6) is 5.75 Å². The van der Waals surface area contributed by atoms with Gasteiger partial charge in [-0.05, 0) is 42.0 Å². The zero-order valence-corrected chi connectivity index (χ0v) is 11.5. The van der Waals surface area contributed by atoms with Crippen LogP contribution in [-0.4, -0.2) is 28.1 Å². The Morgan fingerprint density at radius 3 is 2.18 bits per heavy atom. The summed E-state index contributed by atoms with van der Waals surface area (Å²) in [6.45, 7) is 0. The van der Waals surface area contributed by atoms with Crippen molar-refractivity contribution in [1.29, 1.82) is 0 Å². The van der Waals surface area contributed by atoms with Crippen LogP contribution in [0.2, 0.25) is 0 Å². The van der Waals surface area contributed by atoms with Gasteiger partial charge in [0.25, 0.3) is 5.91 Å². The first-order valence-corrected chi connectivity index (χ1v) is 6.53. The number of carboxylic acids is 1. The number of carboxylic acid groups (broad SMARTS) is 1. The molecule has 114 valence electrons. The summed E-state index contributed by atoms with van der Waals surface area (Å²) in [6.07, 6.45) is 0.0720. The fraction of sp³-hybridized carbons (Fsp3) is 0.125. The number of nitrogens with one attached hydrogen (secondary N) is 1. The summed E-state index contributed by atoms with van der Waals surface area (Å²) in [4.78, 5) is 23.2. The van der Waals surface area contributed by atoms with Gasteiger partial charge >= 0.3 is 5.97 Å². The molecule has 22 heavy (non-hydrogen) atoms. The van der Waals surface area contributed by atoms with Crippen molar-refractivity contribution < 1.29 is 24.2 Å². The molecule has 1 amide bonds. The van der Waals surface area contributed by atoms with E-state index in [1.165, 1.54) is 24.3 Å². The molecule has 0 radical (unpaired) electrons. The molecule has 0 saturated heterocycles. The van der Waals surface area contributed by atoms with Gasteiger partial charge in [0.05, 0.1) is 0 Å². The summed E-state index contributed by atoms with van der Waals surface area (Å²) in [6, 6.07) is 9.74. The molecule has 6 heteroatoms. The molecule has 0 aliphatic heterocycles. The summed E-state index contributed by atoms with van der Waals surface area (Å²) in [7, 11) is 0. The highest BCUT2D eigenvalue weighted by Crippen LogP contribution is 2.12. The quantitative estimate of drug-likeness (QED) is 0.788. The summed E-state index contributed by atoms with van der Waals surface area (Å²) in [5, 5.41) is 20.8. The predicted octanol–water partition coefficient (Wildman–Crippen LogP) is 1.96. The number of hydrogen-bond acceptors (Lipinski definition) is 3. The average molecular weight is 303 g/mol. The van der Waals surface area contributed by atoms with Gasteiger partial charge in [0.1, 0.15) is 17.6 Å². The van der Waals surface area contributed by atoms with Crippen LogP contribution in [0.4, 0.5) is 4.39 Å². The van der Waals surface area contributed by atoms with Crippen LogP contribution in [0, 0.1) is 5.82 Å². The molecule has 0 fully saturated rings. The number of rotatable bonds is 5. The molecule has 0 aliphatic carbocycles. The first-order chi connectivity index (χ1) is 10.5. The zero-order valence-electron chi connectivity index (χ0n) is 11.5. The zero-order chi connectivity index (χ0) is 16.1. The van der Waals surface area contributed by atoms with Gasteiger partial charge in [-0.25, -0.2) is 9.18 Å². The van der Waals surface area contributed by atoms with E-state index < -0.39 is 23.7 Å². The number of aliphatic carboxylic acids is 1. The van der Waals surface area contributed by atoms with E-state index in [0.717, 1.165) is 12.1 Å². The fourth-order valence-electron chi connectivity index (χ4n) is 1.91. The van der Waals surface area contributed by atoms with Crippen LogP contribution in [0.15, 0.2) is 48.5 Å². The standard InChI is InChI=1S/C16H14FNO4/c17-12-5-3-11(4-6-12)15(20)18-14(16(21)22)9-10-1-7-13(19)8-2-10/h1-8,14,19H,9H2,(H,18,20)(H,21,22)/t14-/m0/s1. The minimum atomic E-state index is -1.18. The minimum Gasteiger partial charge on any atom is -0.508 e. The second-order valence-corrected chi connectivity index (χ2v) is 4.74. The van der Waals surface area contributed by atoms with E-state index in [9.17, 15) is 24.2 Å². The van der Waals surface area contributed by atoms with Crippen LogP contribution in [-0.2, 0) is 11.2 Å². The highest BCUT2D eigenvalue weighted by Gasteiger charge is 2.21. The third-order valence-corrected chi connectivity index (χ3v) is 3.09. The Balaban J connectivity index is 2.08. The summed E-state index contributed by atoms with van der Waals surface area (Å²) in [5.41, 5.74) is 0.836. The summed E-state index contributed by atoms with van der Waals surface area (Å²) < 4.78 is 12.8. The van der Waals surface area contributed by atoms with Crippen molar-refractivity contribution in [3.05, 3.63) is 65.5 Å². The van der Waals surface area contributed by atoms with Crippen molar-refractivity contribution >= 4 is 11.9 Å². The number of phenols is 1. The summed E-state index contributed by atoms with van der Waals surface area (Å²) in [5.74, 6) is -2.17. The number of hydrogen-bond donors (Lipinski definition) is 3. The van der Waals surface area contributed by atoms with Gasteiger partial charge < -0.3 is 15.5 Å². The van der Waals surface area contributed by atoms with E-state index >= 15 is 0 Å². The molecule has 2 aromatic rings. The van der Waals surface area contributed by atoms with E-state index in [1.54, 1.807) is 12.1 Å². The van der Waals surface area contributed by atoms with Gasteiger partial charge in [-0.3, -0.25) is 4.79 Å². The van der Waals surface area contributed by atoms with Crippen molar-refractivity contribution in [3.63, 3.8) is 0 Å². The first-order valence-electron chi connectivity index (χ1n) is 6.53. The number of carbonyl (C=O) groups excluding carboxylic acids is 1. The Labute approximate surface area is 126 Å². The van der Waals surface area contributed by atoms with Gasteiger partial charge in [-0.15, -0.1) is 0 Å². The molecule has 1 atom stereocenters. The van der Waals surface area contributed by atoms with E-state index in [1.807, 2.05) is 0 Å². The maximum absolute atomic E-state index is 12.8. The van der Waals surface area contributed by atoms with Crippen LogP contribution >= 0.6 is 0 Å². The molecular formula is C16H14FNO4. The van der Waals surface area contributed by atoms with E-state index in [4.69, 9.17) is 0 Å². The van der Waals surface area contributed by atoms with Gasteiger partial charge in [-0.1, -0.05) is 12.1 Å². The first kappa shape index (κ1) is 15.5. The normalized spacial score (nSPS) is 11.7. The summed E-state index contributed by atoms with van der Waals surface area (Å²) >= 11 is 0. The molecular weight excluding hydrogens is 289 g/mol. The van der Waals surface area contributed by atoms with Crippen molar-refractivity contribution in [2.45, 2.75) is 12.5 Å². The number of amides is 1. The maximum Gasteiger partial charge on any atom is 0.326 e.